The molecule has 2 saturated heterocycles. The number of hydrogen-bond acceptors (Lipinski definition) is 9. The minimum Gasteiger partial charge on any atom is -0.329 e. The summed E-state index contributed by atoms with van der Waals surface area (Å²) in [5, 5.41) is 0. The largest absolute Gasteiger partial charge is 0.329 e. The minimum atomic E-state index is -3.74. The molecule has 2 aliphatic carbocycles. The van der Waals surface area contributed by atoms with E-state index in [1.54, 1.807) is 30.3 Å². The number of benzene rings is 3. The molecule has 12 nitrogen and oxygen atoms in total. The van der Waals surface area contributed by atoms with Crippen molar-refractivity contribution in [1.82, 2.24) is 14.7 Å². The summed E-state index contributed by atoms with van der Waals surface area (Å²) in [6, 6.07) is 22.2. The highest BCUT2D eigenvalue weighted by molar-refractivity contribution is 7.93. The predicted octanol–water partition coefficient (Wildman–Crippen LogP) is 6.91. The fourth-order valence-corrected chi connectivity index (χ4v) is 12.7. The Kier molecular flexibility index (Phi) is 14.2. The van der Waals surface area contributed by atoms with E-state index < -0.39 is 31.9 Å². The van der Waals surface area contributed by atoms with Crippen LogP contribution in [0, 0.1) is 23.7 Å². The normalized spacial score (nSPS) is 26.4. The first-order chi connectivity index (χ1) is 29.6. The van der Waals surface area contributed by atoms with Crippen molar-refractivity contribution in [2.45, 2.75) is 89.9 Å². The maximum atomic E-state index is 12.8. The third kappa shape index (κ3) is 9.94. The average Bonchev–Trinajstić information content (AvgIpc) is 3.64. The predicted molar refractivity (Wildman–Crippen MR) is 248 cm³/mol. The number of amides is 2. The molecule has 2 amide bonds. The quantitative estimate of drug-likeness (QED) is 0.0763. The van der Waals surface area contributed by atoms with E-state index in [0.717, 1.165) is 18.0 Å². The van der Waals surface area contributed by atoms with Crippen LogP contribution in [0.1, 0.15) is 111 Å². The van der Waals surface area contributed by atoms with Crippen LogP contribution in [0.15, 0.2) is 72.8 Å². The molecule has 3 aliphatic heterocycles. The summed E-state index contributed by atoms with van der Waals surface area (Å²) in [5.74, 6) is 1.34. The summed E-state index contributed by atoms with van der Waals surface area (Å²) in [7, 11) is -7.10. The molecule has 14 heteroatoms. The summed E-state index contributed by atoms with van der Waals surface area (Å²) in [4.78, 5) is 31.3. The van der Waals surface area contributed by atoms with Crippen molar-refractivity contribution in [1.29, 1.82) is 0 Å². The molecule has 3 heterocycles. The topological polar surface area (TPSA) is 162 Å². The van der Waals surface area contributed by atoms with E-state index in [1.165, 1.54) is 88.7 Å². The third-order valence-corrected chi connectivity index (χ3v) is 17.3. The van der Waals surface area contributed by atoms with Gasteiger partial charge in [-0.15, -0.1) is 0 Å². The lowest BCUT2D eigenvalue weighted by Crippen LogP contribution is -2.35. The molecular weight excluding hydrogens is 821 g/mol. The molecule has 4 atom stereocenters. The number of anilines is 2. The highest BCUT2D eigenvalue weighted by Crippen LogP contribution is 2.64. The zero-order chi connectivity index (χ0) is 44.3. The van der Waals surface area contributed by atoms with Crippen LogP contribution in [-0.4, -0.2) is 107 Å². The van der Waals surface area contributed by atoms with Gasteiger partial charge in [0.05, 0.1) is 22.6 Å². The fraction of sp³-hybridized carbons (Fsp3) is 0.583. The molecule has 2 saturated carbocycles. The molecule has 0 radical (unpaired) electrons. The van der Waals surface area contributed by atoms with Crippen LogP contribution in [0.25, 0.3) is 0 Å². The SMILES string of the molecule is CCCCCCN1CC2C(C1)C2(C)c1cccc(NS(=O)(=O)CCN)c1.CCCCCCN1CC2C(C1)C2(C)c1cccc(NS(=O)(=O)CCN2C(=O)c3ccccc3C2=O)c1. The molecular formula is C48H68N6O6S2. The number of piperidine rings is 2. The van der Waals surface area contributed by atoms with Gasteiger partial charge in [-0.25, -0.2) is 16.8 Å². The van der Waals surface area contributed by atoms with Crippen molar-refractivity contribution < 1.29 is 26.4 Å². The zero-order valence-electron chi connectivity index (χ0n) is 37.2. The number of fused-ring (bicyclic) bond motifs is 3. The van der Waals surface area contributed by atoms with Crippen LogP contribution in [0.3, 0.4) is 0 Å². The molecule has 0 spiro atoms. The lowest BCUT2D eigenvalue weighted by Gasteiger charge is -2.25. The van der Waals surface area contributed by atoms with Gasteiger partial charge in [-0.05, 0) is 97.1 Å². The molecule has 3 aromatic rings. The highest BCUT2D eigenvalue weighted by Gasteiger charge is 2.66. The van der Waals surface area contributed by atoms with Crippen molar-refractivity contribution in [2.24, 2.45) is 29.4 Å². The van der Waals surface area contributed by atoms with Crippen molar-refractivity contribution in [3.05, 3.63) is 95.1 Å². The van der Waals surface area contributed by atoms with Crippen molar-refractivity contribution in [3.63, 3.8) is 0 Å². The van der Waals surface area contributed by atoms with E-state index in [-0.39, 0.29) is 35.4 Å². The van der Waals surface area contributed by atoms with Gasteiger partial charge in [-0.3, -0.25) is 23.9 Å². The van der Waals surface area contributed by atoms with E-state index in [1.807, 2.05) is 30.3 Å². The number of nitrogens with two attached hydrogens (primary N) is 1. The number of likely N-dealkylation sites (tertiary alicyclic amines) is 2. The second kappa shape index (κ2) is 19.1. The number of imide groups is 1. The number of rotatable bonds is 21. The second-order valence-electron chi connectivity index (χ2n) is 18.7. The van der Waals surface area contributed by atoms with Gasteiger partial charge in [-0.2, -0.15) is 0 Å². The van der Waals surface area contributed by atoms with E-state index in [4.69, 9.17) is 5.73 Å². The molecule has 4 unspecified atom stereocenters. The first-order valence-corrected chi connectivity index (χ1v) is 26.3. The average molecular weight is 889 g/mol. The number of carbonyl (C=O) groups excluding carboxylic acids is 2. The van der Waals surface area contributed by atoms with Gasteiger partial charge in [0.1, 0.15) is 0 Å². The van der Waals surface area contributed by atoms with Crippen LogP contribution in [-0.2, 0) is 30.9 Å². The molecule has 4 N–H and O–H groups in total. The summed E-state index contributed by atoms with van der Waals surface area (Å²) in [6.07, 6.45) is 10.4. The molecule has 0 bridgehead atoms. The van der Waals surface area contributed by atoms with Crippen LogP contribution in [0.2, 0.25) is 0 Å². The van der Waals surface area contributed by atoms with E-state index >= 15 is 0 Å². The van der Waals surface area contributed by atoms with Gasteiger partial charge >= 0.3 is 0 Å². The summed E-state index contributed by atoms with van der Waals surface area (Å²) < 4.78 is 54.9. The Morgan fingerprint density at radius 2 is 1.00 bits per heavy atom. The molecule has 3 aromatic carbocycles. The Labute approximate surface area is 370 Å². The van der Waals surface area contributed by atoms with Crippen molar-refractivity contribution in [3.8, 4) is 0 Å². The Morgan fingerprint density at radius 3 is 1.40 bits per heavy atom. The van der Waals surface area contributed by atoms with Gasteiger partial charge in [0.15, 0.2) is 0 Å². The Bertz CT molecular complexity index is 2240. The number of nitrogens with one attached hydrogen (secondary N) is 2. The van der Waals surface area contributed by atoms with E-state index in [9.17, 15) is 26.4 Å². The molecule has 5 aliphatic rings. The van der Waals surface area contributed by atoms with Crippen LogP contribution >= 0.6 is 0 Å². The standard InChI is InChI=1S/C28H35N3O4S.C20H33N3O2S/c1-3-4-5-8-14-30-18-24-25(19-30)28(24,2)20-10-9-11-21(17-20)29-36(34,35)16-15-31-26(32)22-12-6-7-13-23(22)27(31)33;1-3-4-5-6-11-23-14-18-19(15-23)20(18,2)16-8-7-9-17(13-16)22-26(24,25)12-10-21/h6-7,9-13,17,24-25,29H,3-5,8,14-16,18-19H2,1-2H3;7-9,13,18-19,22H,3-6,10-12,14-15,21H2,1-2H3. The third-order valence-electron chi connectivity index (χ3n) is 14.7. The second-order valence-corrected chi connectivity index (χ2v) is 22.4. The lowest BCUT2D eigenvalue weighted by molar-refractivity contribution is 0.0664. The molecule has 338 valence electrons. The monoisotopic (exact) mass is 888 g/mol. The van der Waals surface area contributed by atoms with Crippen LogP contribution < -0.4 is 15.2 Å². The van der Waals surface area contributed by atoms with Gasteiger partial charge in [0.25, 0.3) is 11.8 Å². The molecule has 62 heavy (non-hydrogen) atoms. The number of unbranched alkanes of at least 4 members (excludes halogenated alkanes) is 6. The van der Waals surface area contributed by atoms with Crippen LogP contribution in [0.4, 0.5) is 11.4 Å². The van der Waals surface area contributed by atoms with Gasteiger partial charge in [0, 0.05) is 61.5 Å². The Hall–Kier alpha value is -3.82. The first-order valence-electron chi connectivity index (χ1n) is 23.0. The Balaban J connectivity index is 0.000000197. The van der Waals surface area contributed by atoms with Gasteiger partial charge < -0.3 is 15.5 Å². The van der Waals surface area contributed by atoms with Gasteiger partial charge in [0.2, 0.25) is 20.0 Å². The maximum Gasteiger partial charge on any atom is 0.261 e. The fourth-order valence-electron chi connectivity index (χ4n) is 10.8. The number of hydrogen-bond donors (Lipinski definition) is 3. The summed E-state index contributed by atoms with van der Waals surface area (Å²) in [5.41, 5.74) is 9.90. The maximum absolute atomic E-state index is 12.8. The lowest BCUT2D eigenvalue weighted by atomic mass is 9.92. The molecule has 0 aromatic heterocycles. The van der Waals surface area contributed by atoms with Crippen molar-refractivity contribution in [2.75, 3.05) is 73.3 Å². The van der Waals surface area contributed by atoms with E-state index in [0.29, 0.717) is 46.2 Å². The number of carbonyl (C=O) groups is 2. The van der Waals surface area contributed by atoms with Crippen molar-refractivity contribution >= 4 is 43.2 Å². The first kappa shape index (κ1) is 46.2. The molecule has 4 fully saturated rings. The highest BCUT2D eigenvalue weighted by atomic mass is 32.2. The summed E-state index contributed by atoms with van der Waals surface area (Å²) in [6.45, 7) is 16.1. The number of nitrogens with zero attached hydrogens (tertiary/aromatic N) is 3. The van der Waals surface area contributed by atoms with E-state index in [2.05, 4.69) is 59.1 Å². The minimum absolute atomic E-state index is 0.0489. The zero-order valence-corrected chi connectivity index (χ0v) is 38.8. The molecule has 8 rings (SSSR count). The summed E-state index contributed by atoms with van der Waals surface area (Å²) >= 11 is 0. The van der Waals surface area contributed by atoms with Crippen LogP contribution in [0.5, 0.6) is 0 Å². The smallest absolute Gasteiger partial charge is 0.261 e. The Morgan fingerprint density at radius 1 is 0.581 bits per heavy atom. The van der Waals surface area contributed by atoms with Gasteiger partial charge in [-0.1, -0.05) is 103 Å². The number of sulfonamides is 2.